The number of benzene rings is 1. The topological polar surface area (TPSA) is 30.0 Å². The number of carbonyl (C=O) groups excluding carboxylic acids is 1. The van der Waals surface area contributed by atoms with E-state index in [1.165, 1.54) is 16.9 Å². The number of thiazole rings is 1. The number of nitrogens with zero attached hydrogens (tertiary/aromatic N) is 1. The van der Waals surface area contributed by atoms with Crippen molar-refractivity contribution in [2.45, 2.75) is 39.5 Å². The molecule has 2 rings (SSSR count). The van der Waals surface area contributed by atoms with Gasteiger partial charge in [-0.3, -0.25) is 4.79 Å². The van der Waals surface area contributed by atoms with Gasteiger partial charge in [0.2, 0.25) is 0 Å². The highest BCUT2D eigenvalue weighted by atomic mass is 32.1. The minimum Gasteiger partial charge on any atom is -0.292 e. The second kappa shape index (κ2) is 5.25. The average molecular weight is 273 g/mol. The van der Waals surface area contributed by atoms with Gasteiger partial charge in [0.25, 0.3) is 0 Å². The zero-order valence-corrected chi connectivity index (χ0v) is 12.7. The average Bonchev–Trinajstić information content (AvgIpc) is 2.75. The molecule has 0 amide bonds. The summed E-state index contributed by atoms with van der Waals surface area (Å²) in [6, 6.07) is 8.29. The first-order valence-electron chi connectivity index (χ1n) is 6.41. The molecule has 0 saturated heterocycles. The largest absolute Gasteiger partial charge is 0.292 e. The fourth-order valence-electron chi connectivity index (χ4n) is 1.89. The highest BCUT2D eigenvalue weighted by molar-refractivity contribution is 7.09. The van der Waals surface area contributed by atoms with Crippen LogP contribution in [0.4, 0.5) is 0 Å². The number of rotatable bonds is 3. The first-order chi connectivity index (χ1) is 8.86. The van der Waals surface area contributed by atoms with Crippen LogP contribution >= 0.6 is 11.3 Å². The summed E-state index contributed by atoms with van der Waals surface area (Å²) in [5.41, 5.74) is 3.06. The van der Waals surface area contributed by atoms with Crippen molar-refractivity contribution in [3.63, 3.8) is 0 Å². The molecule has 2 aromatic rings. The number of ketones is 1. The molecule has 1 aromatic heterocycles. The predicted molar refractivity (Wildman–Crippen MR) is 80.0 cm³/mol. The van der Waals surface area contributed by atoms with Gasteiger partial charge in [-0.05, 0) is 23.5 Å². The second-order valence-corrected chi connectivity index (χ2v) is 6.86. The first-order valence-corrected chi connectivity index (χ1v) is 7.29. The lowest BCUT2D eigenvalue weighted by atomic mass is 9.86. The third-order valence-electron chi connectivity index (χ3n) is 3.09. The van der Waals surface area contributed by atoms with Crippen LogP contribution in [-0.2, 0) is 11.8 Å². The van der Waals surface area contributed by atoms with E-state index in [1.54, 1.807) is 0 Å². The van der Waals surface area contributed by atoms with Gasteiger partial charge in [-0.25, -0.2) is 4.98 Å². The molecule has 1 aromatic carbocycles. The zero-order valence-electron chi connectivity index (χ0n) is 11.9. The summed E-state index contributed by atoms with van der Waals surface area (Å²) in [4.78, 5) is 16.3. The Morgan fingerprint density at radius 3 is 2.32 bits per heavy atom. The Balaban J connectivity index is 2.10. The van der Waals surface area contributed by atoms with Crippen LogP contribution in [0.1, 0.15) is 47.4 Å². The summed E-state index contributed by atoms with van der Waals surface area (Å²) in [6.07, 6.45) is 0.424. The smallest absolute Gasteiger partial charge is 0.186 e. The van der Waals surface area contributed by atoms with E-state index in [0.717, 1.165) is 10.6 Å². The normalized spacial score (nSPS) is 11.6. The minimum atomic E-state index is 0.0906. The summed E-state index contributed by atoms with van der Waals surface area (Å²) in [5, 5.41) is 2.77. The number of carbonyl (C=O) groups is 1. The van der Waals surface area contributed by atoms with Crippen molar-refractivity contribution in [1.82, 2.24) is 4.98 Å². The molecule has 0 spiro atoms. The summed E-state index contributed by atoms with van der Waals surface area (Å²) in [5.74, 6) is 0.0906. The monoisotopic (exact) mass is 273 g/mol. The molecule has 0 aliphatic heterocycles. The molecule has 0 saturated carbocycles. The molecule has 100 valence electrons. The van der Waals surface area contributed by atoms with E-state index in [9.17, 15) is 4.79 Å². The molecule has 2 nitrogen and oxygen atoms in total. The molecule has 0 atom stereocenters. The van der Waals surface area contributed by atoms with E-state index >= 15 is 0 Å². The van der Waals surface area contributed by atoms with E-state index in [0.29, 0.717) is 12.1 Å². The van der Waals surface area contributed by atoms with E-state index in [2.05, 4.69) is 37.9 Å². The fraction of sp³-hybridized carbons (Fsp3) is 0.375. The van der Waals surface area contributed by atoms with Gasteiger partial charge in [0.05, 0.1) is 5.01 Å². The number of aromatic nitrogens is 1. The van der Waals surface area contributed by atoms with E-state index < -0.39 is 0 Å². The van der Waals surface area contributed by atoms with Crippen LogP contribution in [0.2, 0.25) is 0 Å². The lowest BCUT2D eigenvalue weighted by molar-refractivity contribution is 0.0989. The van der Waals surface area contributed by atoms with Crippen molar-refractivity contribution in [3.8, 4) is 0 Å². The minimum absolute atomic E-state index is 0.0906. The van der Waals surface area contributed by atoms with E-state index in [4.69, 9.17) is 0 Å². The second-order valence-electron chi connectivity index (χ2n) is 5.80. The van der Waals surface area contributed by atoms with Gasteiger partial charge >= 0.3 is 0 Å². The summed E-state index contributed by atoms with van der Waals surface area (Å²) >= 11 is 1.52. The molecule has 0 fully saturated rings. The van der Waals surface area contributed by atoms with Crippen molar-refractivity contribution < 1.29 is 4.79 Å². The molecule has 0 N–H and O–H groups in total. The van der Waals surface area contributed by atoms with Crippen molar-refractivity contribution in [2.24, 2.45) is 0 Å². The molecule has 0 radical (unpaired) electrons. The van der Waals surface area contributed by atoms with Gasteiger partial charge in [-0.2, -0.15) is 0 Å². The molecular weight excluding hydrogens is 254 g/mol. The molecule has 3 heteroatoms. The Labute approximate surface area is 118 Å². The number of hydrogen-bond donors (Lipinski definition) is 0. The van der Waals surface area contributed by atoms with Crippen molar-refractivity contribution in [1.29, 1.82) is 0 Å². The molecule has 0 aliphatic rings. The first kappa shape index (κ1) is 13.9. The highest BCUT2D eigenvalue weighted by Gasteiger charge is 2.14. The van der Waals surface area contributed by atoms with E-state index in [1.807, 2.05) is 24.4 Å². The summed E-state index contributed by atoms with van der Waals surface area (Å²) < 4.78 is 0. The van der Waals surface area contributed by atoms with Gasteiger partial charge in [0.1, 0.15) is 5.69 Å². The van der Waals surface area contributed by atoms with Crippen molar-refractivity contribution in [3.05, 3.63) is 51.5 Å². The molecule has 1 heterocycles. The van der Waals surface area contributed by atoms with Gasteiger partial charge in [-0.15, -0.1) is 11.3 Å². The van der Waals surface area contributed by atoms with Gasteiger partial charge in [0, 0.05) is 11.8 Å². The van der Waals surface area contributed by atoms with Crippen LogP contribution in [0.15, 0.2) is 29.6 Å². The Kier molecular flexibility index (Phi) is 3.85. The summed E-state index contributed by atoms with van der Waals surface area (Å²) in [6.45, 7) is 8.47. The lowest BCUT2D eigenvalue weighted by Gasteiger charge is -2.19. The van der Waals surface area contributed by atoms with Crippen molar-refractivity contribution >= 4 is 17.1 Å². The summed E-state index contributed by atoms with van der Waals surface area (Å²) in [7, 11) is 0. The third kappa shape index (κ3) is 3.51. The van der Waals surface area contributed by atoms with Crippen LogP contribution in [0, 0.1) is 6.92 Å². The molecule has 0 bridgehead atoms. The Hall–Kier alpha value is -1.48. The van der Waals surface area contributed by atoms with Crippen LogP contribution in [0.25, 0.3) is 0 Å². The van der Waals surface area contributed by atoms with Crippen LogP contribution < -0.4 is 0 Å². The maximum Gasteiger partial charge on any atom is 0.186 e. The highest BCUT2D eigenvalue weighted by Crippen LogP contribution is 2.22. The van der Waals surface area contributed by atoms with Crippen LogP contribution in [-0.4, -0.2) is 10.8 Å². The van der Waals surface area contributed by atoms with Gasteiger partial charge < -0.3 is 0 Å². The molecule has 0 aliphatic carbocycles. The van der Waals surface area contributed by atoms with Crippen LogP contribution in [0.5, 0.6) is 0 Å². The SMILES string of the molecule is Cc1nc(C(=O)Cc2ccc(C(C)(C)C)cc2)cs1. The zero-order chi connectivity index (χ0) is 14.0. The predicted octanol–water partition coefficient (Wildman–Crippen LogP) is 4.17. The third-order valence-corrected chi connectivity index (χ3v) is 3.86. The quantitative estimate of drug-likeness (QED) is 0.785. The molecule has 0 unspecified atom stereocenters. The van der Waals surface area contributed by atoms with E-state index in [-0.39, 0.29) is 11.2 Å². The fourth-order valence-corrected chi connectivity index (χ4v) is 2.51. The van der Waals surface area contributed by atoms with Crippen molar-refractivity contribution in [2.75, 3.05) is 0 Å². The number of aryl methyl sites for hydroxylation is 1. The lowest BCUT2D eigenvalue weighted by Crippen LogP contribution is -2.11. The maximum atomic E-state index is 12.1. The Morgan fingerprint density at radius 1 is 1.21 bits per heavy atom. The van der Waals surface area contributed by atoms with Crippen LogP contribution in [0.3, 0.4) is 0 Å². The Morgan fingerprint density at radius 2 is 1.84 bits per heavy atom. The number of hydrogen-bond acceptors (Lipinski definition) is 3. The Bertz CT molecular complexity index is 576. The standard InChI is InChI=1S/C16H19NOS/c1-11-17-14(10-19-11)15(18)9-12-5-7-13(8-6-12)16(2,3)4/h5-8,10H,9H2,1-4H3. The van der Waals surface area contributed by atoms with Gasteiger partial charge in [-0.1, -0.05) is 45.0 Å². The molecular formula is C16H19NOS. The van der Waals surface area contributed by atoms with Gasteiger partial charge in [0.15, 0.2) is 5.78 Å². The maximum absolute atomic E-state index is 12.1. The molecule has 19 heavy (non-hydrogen) atoms. The number of Topliss-reactive ketones (excluding diaryl/α,β-unsaturated/α-hetero) is 1.